The molecule has 0 aromatic carbocycles. The van der Waals surface area contributed by atoms with Gasteiger partial charge in [-0.1, -0.05) is 6.92 Å². The summed E-state index contributed by atoms with van der Waals surface area (Å²) in [6.45, 7) is 5.32. The molecule has 0 fully saturated rings. The Hall–Kier alpha value is -0.770. The third-order valence-corrected chi connectivity index (χ3v) is 2.13. The van der Waals surface area contributed by atoms with E-state index in [9.17, 15) is 4.79 Å². The van der Waals surface area contributed by atoms with Gasteiger partial charge in [-0.05, 0) is 13.3 Å². The van der Waals surface area contributed by atoms with Crippen LogP contribution in [0.4, 0.5) is 4.79 Å². The molecule has 78 valence electrons. The standard InChI is InChI=1S/C9H20N2O2/c1-5-8(2)11(6-7-13-4)9(12)10-3/h8H,5-7H2,1-4H3,(H,10,12). The maximum Gasteiger partial charge on any atom is 0.317 e. The highest BCUT2D eigenvalue weighted by Gasteiger charge is 2.16. The summed E-state index contributed by atoms with van der Waals surface area (Å²) < 4.78 is 4.94. The van der Waals surface area contributed by atoms with Crippen LogP contribution in [-0.2, 0) is 4.74 Å². The summed E-state index contributed by atoms with van der Waals surface area (Å²) in [6, 6.07) is 0.224. The quantitative estimate of drug-likeness (QED) is 0.701. The molecular weight excluding hydrogens is 168 g/mol. The number of urea groups is 1. The van der Waals surface area contributed by atoms with Crippen LogP contribution in [0.25, 0.3) is 0 Å². The molecule has 1 atom stereocenters. The highest BCUT2D eigenvalue weighted by atomic mass is 16.5. The Balaban J connectivity index is 4.09. The van der Waals surface area contributed by atoms with Gasteiger partial charge in [-0.3, -0.25) is 0 Å². The van der Waals surface area contributed by atoms with E-state index in [-0.39, 0.29) is 12.1 Å². The van der Waals surface area contributed by atoms with Gasteiger partial charge < -0.3 is 15.0 Å². The maximum absolute atomic E-state index is 11.4. The molecule has 0 aliphatic carbocycles. The molecule has 1 N–H and O–H groups in total. The summed E-state index contributed by atoms with van der Waals surface area (Å²) in [5, 5.41) is 2.62. The number of methoxy groups -OCH3 is 1. The first kappa shape index (κ1) is 12.2. The van der Waals surface area contributed by atoms with E-state index in [0.29, 0.717) is 13.2 Å². The molecule has 0 saturated heterocycles. The minimum absolute atomic E-state index is 0.0357. The molecule has 4 heteroatoms. The van der Waals surface area contributed by atoms with E-state index in [0.717, 1.165) is 6.42 Å². The first-order valence-corrected chi connectivity index (χ1v) is 4.64. The number of nitrogens with one attached hydrogen (secondary N) is 1. The second-order valence-electron chi connectivity index (χ2n) is 3.00. The van der Waals surface area contributed by atoms with E-state index < -0.39 is 0 Å². The number of carbonyl (C=O) groups is 1. The van der Waals surface area contributed by atoms with Crippen LogP contribution < -0.4 is 5.32 Å². The van der Waals surface area contributed by atoms with Crippen molar-refractivity contribution in [2.24, 2.45) is 0 Å². The number of carbonyl (C=O) groups excluding carboxylic acids is 1. The zero-order chi connectivity index (χ0) is 10.3. The molecule has 0 aromatic heterocycles. The van der Waals surface area contributed by atoms with Crippen LogP contribution in [0.2, 0.25) is 0 Å². The lowest BCUT2D eigenvalue weighted by Gasteiger charge is -2.27. The van der Waals surface area contributed by atoms with Crippen molar-refractivity contribution in [3.63, 3.8) is 0 Å². The Morgan fingerprint density at radius 3 is 2.62 bits per heavy atom. The molecule has 0 aliphatic rings. The second kappa shape index (κ2) is 6.71. The molecule has 13 heavy (non-hydrogen) atoms. The van der Waals surface area contributed by atoms with Crippen molar-refractivity contribution >= 4 is 6.03 Å². The van der Waals surface area contributed by atoms with E-state index >= 15 is 0 Å². The highest BCUT2D eigenvalue weighted by molar-refractivity contribution is 5.74. The second-order valence-corrected chi connectivity index (χ2v) is 3.00. The SMILES string of the molecule is CCC(C)N(CCOC)C(=O)NC. The third-order valence-electron chi connectivity index (χ3n) is 2.13. The summed E-state index contributed by atoms with van der Waals surface area (Å²) in [5.41, 5.74) is 0. The van der Waals surface area contributed by atoms with Crippen molar-refractivity contribution in [3.8, 4) is 0 Å². The van der Waals surface area contributed by atoms with Gasteiger partial charge in [0.2, 0.25) is 0 Å². The van der Waals surface area contributed by atoms with Gasteiger partial charge in [0.05, 0.1) is 6.61 Å². The summed E-state index contributed by atoms with van der Waals surface area (Å²) in [4.78, 5) is 13.2. The molecule has 0 heterocycles. The average Bonchev–Trinajstić information content (AvgIpc) is 2.17. The van der Waals surface area contributed by atoms with Crippen molar-refractivity contribution < 1.29 is 9.53 Å². The van der Waals surface area contributed by atoms with E-state index in [1.807, 2.05) is 6.92 Å². The molecular formula is C9H20N2O2. The van der Waals surface area contributed by atoms with Crippen LogP contribution >= 0.6 is 0 Å². The van der Waals surface area contributed by atoms with Crippen LogP contribution in [-0.4, -0.2) is 44.3 Å². The molecule has 0 radical (unpaired) electrons. The monoisotopic (exact) mass is 188 g/mol. The number of nitrogens with zero attached hydrogens (tertiary/aromatic N) is 1. The molecule has 0 aliphatic heterocycles. The minimum Gasteiger partial charge on any atom is -0.383 e. The molecule has 2 amide bonds. The topological polar surface area (TPSA) is 41.6 Å². The Morgan fingerprint density at radius 1 is 1.62 bits per heavy atom. The van der Waals surface area contributed by atoms with Crippen molar-refractivity contribution in [1.29, 1.82) is 0 Å². The zero-order valence-corrected chi connectivity index (χ0v) is 8.96. The average molecular weight is 188 g/mol. The van der Waals surface area contributed by atoms with E-state index in [1.165, 1.54) is 0 Å². The van der Waals surface area contributed by atoms with Crippen LogP contribution in [0.15, 0.2) is 0 Å². The predicted molar refractivity (Wildman–Crippen MR) is 52.8 cm³/mol. The zero-order valence-electron chi connectivity index (χ0n) is 8.96. The molecule has 1 unspecified atom stereocenters. The van der Waals surface area contributed by atoms with Crippen LogP contribution in [0, 0.1) is 0 Å². The Labute approximate surface area is 80.2 Å². The van der Waals surface area contributed by atoms with E-state index in [4.69, 9.17) is 4.74 Å². The van der Waals surface area contributed by atoms with E-state index in [1.54, 1.807) is 19.1 Å². The number of rotatable bonds is 5. The number of hydrogen-bond donors (Lipinski definition) is 1. The predicted octanol–water partition coefficient (Wildman–Crippen LogP) is 1.07. The molecule has 0 aromatic rings. The van der Waals surface area contributed by atoms with Crippen molar-refractivity contribution in [2.75, 3.05) is 27.3 Å². The van der Waals surface area contributed by atoms with Crippen LogP contribution in [0.3, 0.4) is 0 Å². The van der Waals surface area contributed by atoms with Crippen molar-refractivity contribution in [3.05, 3.63) is 0 Å². The fourth-order valence-electron chi connectivity index (χ4n) is 1.08. The van der Waals surface area contributed by atoms with Gasteiger partial charge >= 0.3 is 6.03 Å². The number of hydrogen-bond acceptors (Lipinski definition) is 2. The van der Waals surface area contributed by atoms with Gasteiger partial charge in [-0.25, -0.2) is 4.79 Å². The number of amides is 2. The molecule has 0 bridgehead atoms. The van der Waals surface area contributed by atoms with Gasteiger partial charge in [-0.15, -0.1) is 0 Å². The Bertz CT molecular complexity index is 151. The van der Waals surface area contributed by atoms with Crippen molar-refractivity contribution in [1.82, 2.24) is 10.2 Å². The van der Waals surface area contributed by atoms with Gasteiger partial charge in [0.25, 0.3) is 0 Å². The van der Waals surface area contributed by atoms with Gasteiger partial charge in [0, 0.05) is 26.7 Å². The fourth-order valence-corrected chi connectivity index (χ4v) is 1.08. The van der Waals surface area contributed by atoms with Gasteiger partial charge in [-0.2, -0.15) is 0 Å². The maximum atomic E-state index is 11.4. The summed E-state index contributed by atoms with van der Waals surface area (Å²) in [7, 11) is 3.28. The Kier molecular flexibility index (Phi) is 6.32. The highest BCUT2D eigenvalue weighted by Crippen LogP contribution is 2.02. The molecule has 0 rings (SSSR count). The normalized spacial score (nSPS) is 12.3. The van der Waals surface area contributed by atoms with Crippen molar-refractivity contribution in [2.45, 2.75) is 26.3 Å². The summed E-state index contributed by atoms with van der Waals surface area (Å²) >= 11 is 0. The van der Waals surface area contributed by atoms with Crippen LogP contribution in [0.1, 0.15) is 20.3 Å². The summed E-state index contributed by atoms with van der Waals surface area (Å²) in [5.74, 6) is 0. The lowest BCUT2D eigenvalue weighted by molar-refractivity contribution is 0.132. The smallest absolute Gasteiger partial charge is 0.317 e. The van der Waals surface area contributed by atoms with E-state index in [2.05, 4.69) is 12.2 Å². The Morgan fingerprint density at radius 2 is 2.23 bits per heavy atom. The lowest BCUT2D eigenvalue weighted by Crippen LogP contribution is -2.45. The largest absolute Gasteiger partial charge is 0.383 e. The molecule has 0 spiro atoms. The van der Waals surface area contributed by atoms with Crippen LogP contribution in [0.5, 0.6) is 0 Å². The lowest BCUT2D eigenvalue weighted by atomic mass is 10.2. The van der Waals surface area contributed by atoms with Gasteiger partial charge in [0.15, 0.2) is 0 Å². The third kappa shape index (κ3) is 4.12. The summed E-state index contributed by atoms with van der Waals surface area (Å²) in [6.07, 6.45) is 0.955. The fraction of sp³-hybridized carbons (Fsp3) is 0.889. The minimum atomic E-state index is -0.0357. The van der Waals surface area contributed by atoms with Gasteiger partial charge in [0.1, 0.15) is 0 Å². The molecule has 0 saturated carbocycles. The first-order chi connectivity index (χ1) is 6.17. The first-order valence-electron chi connectivity index (χ1n) is 4.64. The molecule has 4 nitrogen and oxygen atoms in total. The number of ether oxygens (including phenoxy) is 1.